The summed E-state index contributed by atoms with van der Waals surface area (Å²) in [6.45, 7) is 1.84. The van der Waals surface area contributed by atoms with Gasteiger partial charge >= 0.3 is 0 Å². The smallest absolute Gasteiger partial charge is 0.186 e. The van der Waals surface area contributed by atoms with Gasteiger partial charge in [0, 0.05) is 19.6 Å². The Morgan fingerprint density at radius 3 is 2.71 bits per heavy atom. The zero-order valence-corrected chi connectivity index (χ0v) is 10.5. The van der Waals surface area contributed by atoms with Gasteiger partial charge in [0.1, 0.15) is 5.82 Å². The molecule has 94 valence electrons. The van der Waals surface area contributed by atoms with Crippen molar-refractivity contribution < 1.29 is 12.8 Å². The summed E-state index contributed by atoms with van der Waals surface area (Å²) in [5, 5.41) is -0.648. The highest BCUT2D eigenvalue weighted by Crippen LogP contribution is 2.36. The van der Waals surface area contributed by atoms with Crippen LogP contribution >= 0.6 is 0 Å². The van der Waals surface area contributed by atoms with E-state index in [1.54, 1.807) is 18.9 Å². The van der Waals surface area contributed by atoms with Crippen LogP contribution in [0, 0.1) is 5.82 Å². The average Bonchev–Trinajstić information content (AvgIpc) is 2.26. The number of nitrogens with two attached hydrogens (primary N) is 1. The zero-order valence-electron chi connectivity index (χ0n) is 9.72. The molecule has 17 heavy (non-hydrogen) atoms. The number of sulfone groups is 1. The van der Waals surface area contributed by atoms with Crippen molar-refractivity contribution in [2.75, 3.05) is 18.5 Å². The normalized spacial score (nSPS) is 26.7. The third-order valence-electron chi connectivity index (χ3n) is 3.39. The average molecular weight is 258 g/mol. The highest BCUT2D eigenvalue weighted by molar-refractivity contribution is 7.92. The van der Waals surface area contributed by atoms with E-state index in [4.69, 9.17) is 5.73 Å². The maximum absolute atomic E-state index is 13.2. The molecule has 0 bridgehead atoms. The van der Waals surface area contributed by atoms with Crippen LogP contribution < -0.4 is 10.6 Å². The Labute approximate surface area is 100 Å². The lowest BCUT2D eigenvalue weighted by Crippen LogP contribution is -2.51. The summed E-state index contributed by atoms with van der Waals surface area (Å²) in [6.07, 6.45) is 0. The molecule has 2 unspecified atom stereocenters. The first-order valence-corrected chi connectivity index (χ1v) is 6.90. The van der Waals surface area contributed by atoms with E-state index in [-0.39, 0.29) is 17.5 Å². The minimum atomic E-state index is -3.47. The number of rotatable bonds is 1. The number of nitrogens with zero attached hydrogens (tertiary/aromatic N) is 1. The number of hydrogen-bond acceptors (Lipinski definition) is 4. The molecule has 0 aliphatic carbocycles. The van der Waals surface area contributed by atoms with E-state index in [2.05, 4.69) is 0 Å². The molecule has 2 rings (SSSR count). The van der Waals surface area contributed by atoms with Crippen molar-refractivity contribution in [3.05, 3.63) is 24.0 Å². The number of fused-ring (bicyclic) bond motifs is 1. The minimum Gasteiger partial charge on any atom is -0.369 e. The molecule has 4 nitrogen and oxygen atoms in total. The fourth-order valence-electron chi connectivity index (χ4n) is 2.22. The fourth-order valence-corrected chi connectivity index (χ4v) is 4.25. The Kier molecular flexibility index (Phi) is 2.87. The van der Waals surface area contributed by atoms with Crippen molar-refractivity contribution in [1.29, 1.82) is 0 Å². The lowest BCUT2D eigenvalue weighted by molar-refractivity contribution is 0.537. The number of hydrogen-bond donors (Lipinski definition) is 1. The van der Waals surface area contributed by atoms with E-state index < -0.39 is 20.9 Å². The van der Waals surface area contributed by atoms with E-state index in [0.717, 1.165) is 6.07 Å². The van der Waals surface area contributed by atoms with Gasteiger partial charge in [-0.2, -0.15) is 0 Å². The standard InChI is InChI=1S/C11H15FN2O2S/c1-7-11(6-13)17(15,16)10-4-3-8(12)5-9(10)14(7)2/h3-5,7,11H,6,13H2,1-2H3. The summed E-state index contributed by atoms with van der Waals surface area (Å²) in [5.74, 6) is -0.441. The summed E-state index contributed by atoms with van der Waals surface area (Å²) in [4.78, 5) is 1.92. The van der Waals surface area contributed by atoms with Crippen molar-refractivity contribution in [3.63, 3.8) is 0 Å². The Bertz CT molecular complexity index is 544. The van der Waals surface area contributed by atoms with Gasteiger partial charge in [-0.05, 0) is 25.1 Å². The molecule has 1 aromatic rings. The molecular weight excluding hydrogens is 243 g/mol. The Morgan fingerprint density at radius 1 is 1.47 bits per heavy atom. The highest BCUT2D eigenvalue weighted by atomic mass is 32.2. The van der Waals surface area contributed by atoms with E-state index in [1.807, 2.05) is 0 Å². The largest absolute Gasteiger partial charge is 0.369 e. The SMILES string of the molecule is CC1C(CN)S(=O)(=O)c2ccc(F)cc2N1C. The third kappa shape index (κ3) is 1.71. The second-order valence-electron chi connectivity index (χ2n) is 4.28. The lowest BCUT2D eigenvalue weighted by atomic mass is 10.1. The van der Waals surface area contributed by atoms with Gasteiger partial charge in [-0.3, -0.25) is 0 Å². The molecule has 1 heterocycles. The summed E-state index contributed by atoms with van der Waals surface area (Å²) < 4.78 is 37.7. The van der Waals surface area contributed by atoms with Gasteiger partial charge in [0.15, 0.2) is 9.84 Å². The van der Waals surface area contributed by atoms with Gasteiger partial charge in [0.05, 0.1) is 15.8 Å². The van der Waals surface area contributed by atoms with Crippen LogP contribution in [-0.2, 0) is 9.84 Å². The van der Waals surface area contributed by atoms with Crippen molar-refractivity contribution in [2.45, 2.75) is 23.1 Å². The first kappa shape index (κ1) is 12.3. The van der Waals surface area contributed by atoms with Gasteiger partial charge < -0.3 is 10.6 Å². The van der Waals surface area contributed by atoms with Crippen molar-refractivity contribution in [2.24, 2.45) is 5.73 Å². The zero-order chi connectivity index (χ0) is 12.8. The van der Waals surface area contributed by atoms with E-state index >= 15 is 0 Å². The van der Waals surface area contributed by atoms with Gasteiger partial charge in [-0.1, -0.05) is 0 Å². The molecule has 0 fully saturated rings. The maximum Gasteiger partial charge on any atom is 0.186 e. The van der Waals surface area contributed by atoms with Crippen LogP contribution in [0.3, 0.4) is 0 Å². The highest BCUT2D eigenvalue weighted by Gasteiger charge is 2.40. The van der Waals surface area contributed by atoms with Crippen LogP contribution in [0.5, 0.6) is 0 Å². The quantitative estimate of drug-likeness (QED) is 0.756. The van der Waals surface area contributed by atoms with Gasteiger partial charge in [-0.25, -0.2) is 12.8 Å². The van der Waals surface area contributed by atoms with Crippen molar-refractivity contribution >= 4 is 15.5 Å². The molecule has 6 heteroatoms. The van der Waals surface area contributed by atoms with Crippen LogP contribution in [0.1, 0.15) is 6.92 Å². The number of benzene rings is 1. The lowest BCUT2D eigenvalue weighted by Gasteiger charge is -2.38. The molecular formula is C11H15FN2O2S. The molecule has 2 N–H and O–H groups in total. The minimum absolute atomic E-state index is 0.0602. The fraction of sp³-hybridized carbons (Fsp3) is 0.455. The summed E-state index contributed by atoms with van der Waals surface area (Å²) in [6, 6.07) is 3.45. The molecule has 0 radical (unpaired) electrons. The molecule has 1 aliphatic heterocycles. The first-order valence-electron chi connectivity index (χ1n) is 5.36. The van der Waals surface area contributed by atoms with E-state index in [9.17, 15) is 12.8 Å². The second kappa shape index (κ2) is 3.96. The Balaban J connectivity index is 2.70. The molecule has 0 aromatic heterocycles. The monoisotopic (exact) mass is 258 g/mol. The Morgan fingerprint density at radius 2 is 2.12 bits per heavy atom. The van der Waals surface area contributed by atoms with E-state index in [1.165, 1.54) is 12.1 Å². The van der Waals surface area contributed by atoms with Crippen LogP contribution in [0.15, 0.2) is 23.1 Å². The summed E-state index contributed by atoms with van der Waals surface area (Å²) in [7, 11) is -1.71. The maximum atomic E-state index is 13.2. The van der Waals surface area contributed by atoms with Gasteiger partial charge in [-0.15, -0.1) is 0 Å². The van der Waals surface area contributed by atoms with Crippen LogP contribution in [0.25, 0.3) is 0 Å². The van der Waals surface area contributed by atoms with Crippen LogP contribution in [0.2, 0.25) is 0 Å². The first-order chi connectivity index (χ1) is 7.89. The predicted molar refractivity (Wildman–Crippen MR) is 64.3 cm³/mol. The third-order valence-corrected chi connectivity index (χ3v) is 5.73. The predicted octanol–water partition coefficient (Wildman–Crippen LogP) is 0.765. The summed E-state index contributed by atoms with van der Waals surface area (Å²) >= 11 is 0. The Hall–Kier alpha value is -1.14. The van der Waals surface area contributed by atoms with Crippen molar-refractivity contribution in [3.8, 4) is 0 Å². The second-order valence-corrected chi connectivity index (χ2v) is 6.42. The molecule has 1 aromatic carbocycles. The molecule has 0 amide bonds. The molecule has 0 saturated carbocycles. The van der Waals surface area contributed by atoms with Crippen LogP contribution in [0.4, 0.5) is 10.1 Å². The number of halogens is 1. The van der Waals surface area contributed by atoms with Crippen molar-refractivity contribution in [1.82, 2.24) is 0 Å². The molecule has 1 aliphatic rings. The van der Waals surface area contributed by atoms with E-state index in [0.29, 0.717) is 5.69 Å². The van der Waals surface area contributed by atoms with Crippen LogP contribution in [-0.4, -0.2) is 33.3 Å². The topological polar surface area (TPSA) is 63.4 Å². The summed E-state index contributed by atoms with van der Waals surface area (Å²) in [5.41, 5.74) is 5.94. The molecule has 0 saturated heterocycles. The molecule has 2 atom stereocenters. The molecule has 0 spiro atoms. The van der Waals surface area contributed by atoms with Gasteiger partial charge in [0.2, 0.25) is 0 Å². The van der Waals surface area contributed by atoms with Gasteiger partial charge in [0.25, 0.3) is 0 Å². The number of anilines is 1.